The van der Waals surface area contributed by atoms with Crippen LogP contribution >= 0.6 is 0 Å². The number of carbonyl (C=O) groups excluding carboxylic acids is 1. The largest absolute Gasteiger partial charge is 0.270 e. The average molecular weight is 247 g/mol. The summed E-state index contributed by atoms with van der Waals surface area (Å²) in [6, 6.07) is 2.45. The molecule has 0 aliphatic rings. The first-order valence-electron chi connectivity index (χ1n) is 4.64. The van der Waals surface area contributed by atoms with E-state index in [2.05, 4.69) is 4.99 Å². The van der Waals surface area contributed by atoms with Crippen LogP contribution in [0, 0.1) is 0 Å². The number of aliphatic imine (C=N–C) groups is 1. The lowest BCUT2D eigenvalue weighted by atomic mass is 10.0. The Hall–Kier alpha value is -1.68. The minimum absolute atomic E-state index is 0.268. The Kier molecular flexibility index (Phi) is 3.38. The van der Waals surface area contributed by atoms with Crippen molar-refractivity contribution in [3.63, 3.8) is 0 Å². The van der Waals surface area contributed by atoms with Gasteiger partial charge in [0.15, 0.2) is 0 Å². The second-order valence-electron chi connectivity index (χ2n) is 3.75. The minimum Gasteiger partial charge on any atom is -0.211 e. The lowest BCUT2D eigenvalue weighted by Crippen LogP contribution is -2.12. The van der Waals surface area contributed by atoms with Crippen LogP contribution in [0.25, 0.3) is 0 Å². The van der Waals surface area contributed by atoms with E-state index in [4.69, 9.17) is 0 Å². The zero-order chi connectivity index (χ0) is 13.3. The summed E-state index contributed by atoms with van der Waals surface area (Å²) in [5, 5.41) is 0. The topological polar surface area (TPSA) is 29.4 Å². The van der Waals surface area contributed by atoms with Crippen molar-refractivity contribution in [2.75, 3.05) is 0 Å². The Morgan fingerprint density at radius 2 is 1.41 bits per heavy atom. The van der Waals surface area contributed by atoms with Crippen LogP contribution in [0.1, 0.15) is 25.0 Å². The second kappa shape index (κ2) is 4.30. The molecule has 2 nitrogen and oxygen atoms in total. The highest BCUT2D eigenvalue weighted by Crippen LogP contribution is 2.36. The van der Waals surface area contributed by atoms with Gasteiger partial charge in [0, 0.05) is 25.0 Å². The van der Waals surface area contributed by atoms with Gasteiger partial charge in [-0.2, -0.15) is 4.99 Å². The predicted octanol–water partition coefficient (Wildman–Crippen LogP) is 3.88. The van der Waals surface area contributed by atoms with Gasteiger partial charge in [-0.15, -0.1) is 0 Å². The second-order valence-corrected chi connectivity index (χ2v) is 3.75. The molecule has 92 valence electrons. The Labute approximate surface area is 95.0 Å². The van der Waals surface area contributed by atoms with E-state index in [9.17, 15) is 22.4 Å². The molecule has 0 aliphatic heterocycles. The molecule has 1 aromatic carbocycles. The SMILES string of the molecule is CC(F)(F)c1cc(N=C=O)cc(C(C)(F)F)c1. The molecule has 17 heavy (non-hydrogen) atoms. The molecule has 0 heterocycles. The van der Waals surface area contributed by atoms with Crippen LogP contribution in [0.5, 0.6) is 0 Å². The van der Waals surface area contributed by atoms with Gasteiger partial charge < -0.3 is 0 Å². The van der Waals surface area contributed by atoms with E-state index in [1.165, 1.54) is 0 Å². The van der Waals surface area contributed by atoms with Gasteiger partial charge in [-0.3, -0.25) is 0 Å². The number of nitrogens with zero attached hydrogens (tertiary/aromatic N) is 1. The zero-order valence-corrected chi connectivity index (χ0v) is 9.10. The van der Waals surface area contributed by atoms with E-state index in [0.29, 0.717) is 19.9 Å². The van der Waals surface area contributed by atoms with Gasteiger partial charge in [-0.05, 0) is 18.2 Å². The van der Waals surface area contributed by atoms with Gasteiger partial charge in [-0.25, -0.2) is 22.4 Å². The fourth-order valence-electron chi connectivity index (χ4n) is 1.24. The van der Waals surface area contributed by atoms with Crippen LogP contribution < -0.4 is 0 Å². The van der Waals surface area contributed by atoms with Crippen LogP contribution in [-0.4, -0.2) is 6.08 Å². The molecule has 0 saturated heterocycles. The maximum atomic E-state index is 13.1. The van der Waals surface area contributed by atoms with Crippen LogP contribution in [0.4, 0.5) is 23.2 Å². The highest BCUT2D eigenvalue weighted by atomic mass is 19.3. The normalized spacial score (nSPS) is 12.1. The number of halogens is 4. The standard InChI is InChI=1S/C11H9F4NO/c1-10(12,13)7-3-8(11(2,14)15)5-9(4-7)16-6-17/h3-5H,1-2H3. The van der Waals surface area contributed by atoms with Crippen LogP contribution in [0.15, 0.2) is 23.2 Å². The molecular weight excluding hydrogens is 238 g/mol. The first-order chi connectivity index (χ1) is 7.64. The van der Waals surface area contributed by atoms with Gasteiger partial charge in [0.05, 0.1) is 5.69 Å². The van der Waals surface area contributed by atoms with E-state index in [1.54, 1.807) is 0 Å². The summed E-state index contributed by atoms with van der Waals surface area (Å²) in [5.41, 5.74) is -1.51. The third-order valence-corrected chi connectivity index (χ3v) is 2.11. The summed E-state index contributed by atoms with van der Waals surface area (Å²) in [7, 11) is 0. The van der Waals surface area contributed by atoms with Crippen molar-refractivity contribution >= 4 is 11.8 Å². The monoisotopic (exact) mass is 247 g/mol. The summed E-state index contributed by atoms with van der Waals surface area (Å²) in [6.45, 7) is 1.16. The van der Waals surface area contributed by atoms with Gasteiger partial charge in [0.25, 0.3) is 11.8 Å². The number of hydrogen-bond donors (Lipinski definition) is 0. The molecule has 0 amide bonds. The molecular formula is C11H9F4NO. The van der Waals surface area contributed by atoms with Crippen LogP contribution in [0.3, 0.4) is 0 Å². The Morgan fingerprint density at radius 1 is 1.00 bits per heavy atom. The van der Waals surface area contributed by atoms with Crippen molar-refractivity contribution < 1.29 is 22.4 Å². The molecule has 1 aromatic rings. The van der Waals surface area contributed by atoms with E-state index < -0.39 is 23.0 Å². The number of benzene rings is 1. The minimum atomic E-state index is -3.28. The number of isocyanates is 1. The highest BCUT2D eigenvalue weighted by molar-refractivity contribution is 5.53. The zero-order valence-electron chi connectivity index (χ0n) is 9.10. The summed E-state index contributed by atoms with van der Waals surface area (Å²) in [6.07, 6.45) is 1.13. The molecule has 0 fully saturated rings. The first-order valence-corrected chi connectivity index (χ1v) is 4.64. The van der Waals surface area contributed by atoms with Gasteiger partial charge in [0.1, 0.15) is 0 Å². The van der Waals surface area contributed by atoms with Gasteiger partial charge in [-0.1, -0.05) is 0 Å². The third-order valence-electron chi connectivity index (χ3n) is 2.11. The Bertz CT molecular complexity index is 435. The summed E-state index contributed by atoms with van der Waals surface area (Å²) in [4.78, 5) is 13.1. The van der Waals surface area contributed by atoms with Crippen molar-refractivity contribution in [1.82, 2.24) is 0 Å². The molecule has 0 atom stereocenters. The molecule has 0 radical (unpaired) electrons. The lowest BCUT2D eigenvalue weighted by Gasteiger charge is -2.16. The molecule has 0 bridgehead atoms. The quantitative estimate of drug-likeness (QED) is 0.452. The smallest absolute Gasteiger partial charge is 0.211 e. The number of rotatable bonds is 3. The Balaban J connectivity index is 3.44. The molecule has 0 N–H and O–H groups in total. The number of alkyl halides is 4. The average Bonchev–Trinajstić information content (AvgIpc) is 2.15. The third kappa shape index (κ3) is 3.39. The molecule has 0 aromatic heterocycles. The van der Waals surface area contributed by atoms with E-state index >= 15 is 0 Å². The molecule has 0 saturated carbocycles. The van der Waals surface area contributed by atoms with E-state index in [1.807, 2.05) is 0 Å². The Morgan fingerprint density at radius 3 is 1.71 bits per heavy atom. The van der Waals surface area contributed by atoms with Crippen molar-refractivity contribution in [2.24, 2.45) is 4.99 Å². The van der Waals surface area contributed by atoms with Crippen LogP contribution in [-0.2, 0) is 16.6 Å². The van der Waals surface area contributed by atoms with Crippen molar-refractivity contribution in [3.05, 3.63) is 29.3 Å². The van der Waals surface area contributed by atoms with Crippen molar-refractivity contribution in [3.8, 4) is 0 Å². The summed E-state index contributed by atoms with van der Waals surface area (Å²) < 4.78 is 52.2. The lowest BCUT2D eigenvalue weighted by molar-refractivity contribution is 0.0106. The van der Waals surface area contributed by atoms with Gasteiger partial charge in [0.2, 0.25) is 6.08 Å². The van der Waals surface area contributed by atoms with Crippen molar-refractivity contribution in [1.29, 1.82) is 0 Å². The summed E-state index contributed by atoms with van der Waals surface area (Å²) in [5.74, 6) is -6.57. The highest BCUT2D eigenvalue weighted by Gasteiger charge is 2.30. The fraction of sp³-hybridized carbons (Fsp3) is 0.364. The molecule has 0 unspecified atom stereocenters. The van der Waals surface area contributed by atoms with Crippen molar-refractivity contribution in [2.45, 2.75) is 25.7 Å². The number of hydrogen-bond acceptors (Lipinski definition) is 2. The first kappa shape index (κ1) is 13.4. The van der Waals surface area contributed by atoms with Gasteiger partial charge >= 0.3 is 0 Å². The molecule has 6 heteroatoms. The van der Waals surface area contributed by atoms with E-state index in [-0.39, 0.29) is 5.69 Å². The molecule has 0 aliphatic carbocycles. The summed E-state index contributed by atoms with van der Waals surface area (Å²) >= 11 is 0. The fourth-order valence-corrected chi connectivity index (χ4v) is 1.24. The predicted molar refractivity (Wildman–Crippen MR) is 53.4 cm³/mol. The maximum Gasteiger partial charge on any atom is 0.270 e. The molecule has 0 spiro atoms. The van der Waals surface area contributed by atoms with E-state index in [0.717, 1.165) is 18.2 Å². The molecule has 1 rings (SSSR count). The van der Waals surface area contributed by atoms with Crippen LogP contribution in [0.2, 0.25) is 0 Å². The maximum absolute atomic E-state index is 13.1.